The second-order valence-electron chi connectivity index (χ2n) is 4.77. The highest BCUT2D eigenvalue weighted by Crippen LogP contribution is 2.39. The summed E-state index contributed by atoms with van der Waals surface area (Å²) in [5, 5.41) is 11.9. The average molecular weight is 282 g/mol. The van der Waals surface area contributed by atoms with Crippen molar-refractivity contribution in [1.82, 2.24) is 10.2 Å². The molecule has 0 bridgehead atoms. The van der Waals surface area contributed by atoms with Gasteiger partial charge in [-0.3, -0.25) is 15.0 Å². The molecule has 0 radical (unpaired) electrons. The summed E-state index contributed by atoms with van der Waals surface area (Å²) in [5.41, 5.74) is -0.0730. The lowest BCUT2D eigenvalue weighted by molar-refractivity contribution is -0.126. The molecular formula is C16H14N2O3. The van der Waals surface area contributed by atoms with Gasteiger partial charge in [0.25, 0.3) is 5.91 Å². The molecule has 2 aromatic carbocycles. The first-order valence-electron chi connectivity index (χ1n) is 6.56. The van der Waals surface area contributed by atoms with Gasteiger partial charge in [0.05, 0.1) is 0 Å². The number of hydrogen-bond acceptors (Lipinski definition) is 3. The number of urea groups is 1. The minimum Gasteiger partial charge on any atom is -0.376 e. The molecule has 1 saturated heterocycles. The molecule has 3 rings (SSSR count). The topological polar surface area (TPSA) is 69.6 Å². The zero-order chi connectivity index (χ0) is 14.9. The van der Waals surface area contributed by atoms with E-state index in [1.165, 1.54) is 0 Å². The highest BCUT2D eigenvalue weighted by atomic mass is 16.3. The Morgan fingerprint density at radius 1 is 0.905 bits per heavy atom. The number of benzene rings is 2. The largest absolute Gasteiger partial charge is 0.376 e. The number of imide groups is 1. The molecule has 2 N–H and O–H groups in total. The maximum atomic E-state index is 12.6. The number of amides is 3. The lowest BCUT2D eigenvalue weighted by Crippen LogP contribution is -2.48. The summed E-state index contributed by atoms with van der Waals surface area (Å²) in [7, 11) is 0. The van der Waals surface area contributed by atoms with Crippen LogP contribution in [0.4, 0.5) is 4.79 Å². The number of rotatable bonds is 3. The fraction of sp³-hybridized carbons (Fsp3) is 0.125. The van der Waals surface area contributed by atoms with Crippen molar-refractivity contribution in [3.05, 3.63) is 71.8 Å². The molecule has 2 aromatic rings. The predicted octanol–water partition coefficient (Wildman–Crippen LogP) is 1.43. The van der Waals surface area contributed by atoms with E-state index in [-0.39, 0.29) is 0 Å². The standard InChI is InChI=1S/C16H14N2O3/c19-11-18-15(21)17-14(20)16(18,12-7-3-1-4-8-12)13-9-5-2-6-10-13/h1-10,19H,11H2,(H,17,20,21). The zero-order valence-corrected chi connectivity index (χ0v) is 11.2. The molecule has 5 heteroatoms. The SMILES string of the molecule is O=C1NC(=O)C(c2ccccc2)(c2ccccc2)N1CO. The van der Waals surface area contributed by atoms with Gasteiger partial charge in [0.15, 0.2) is 5.54 Å². The van der Waals surface area contributed by atoms with Crippen molar-refractivity contribution in [2.45, 2.75) is 5.54 Å². The molecule has 1 aliphatic heterocycles. The van der Waals surface area contributed by atoms with Gasteiger partial charge in [-0.05, 0) is 11.1 Å². The Hall–Kier alpha value is -2.66. The van der Waals surface area contributed by atoms with E-state index in [0.717, 1.165) is 4.90 Å². The quantitative estimate of drug-likeness (QED) is 0.837. The first kappa shape index (κ1) is 13.3. The predicted molar refractivity (Wildman–Crippen MR) is 76.1 cm³/mol. The fourth-order valence-corrected chi connectivity index (χ4v) is 2.80. The first-order valence-corrected chi connectivity index (χ1v) is 6.56. The number of carbonyl (C=O) groups excluding carboxylic acids is 2. The van der Waals surface area contributed by atoms with E-state index in [0.29, 0.717) is 11.1 Å². The Kier molecular flexibility index (Phi) is 3.19. The van der Waals surface area contributed by atoms with Crippen molar-refractivity contribution in [3.8, 4) is 0 Å². The van der Waals surface area contributed by atoms with E-state index in [1.807, 2.05) is 12.1 Å². The molecule has 0 aromatic heterocycles. The Balaban J connectivity index is 2.30. The molecule has 1 fully saturated rings. The summed E-state index contributed by atoms with van der Waals surface area (Å²) in [6, 6.07) is 17.3. The van der Waals surface area contributed by atoms with E-state index >= 15 is 0 Å². The molecule has 21 heavy (non-hydrogen) atoms. The third kappa shape index (κ3) is 1.82. The molecule has 3 amide bonds. The van der Waals surface area contributed by atoms with Gasteiger partial charge < -0.3 is 5.11 Å². The maximum Gasteiger partial charge on any atom is 0.327 e. The number of aliphatic hydroxyl groups is 1. The average Bonchev–Trinajstić information content (AvgIpc) is 2.79. The van der Waals surface area contributed by atoms with E-state index < -0.39 is 24.2 Å². The zero-order valence-electron chi connectivity index (χ0n) is 11.2. The third-order valence-corrected chi connectivity index (χ3v) is 3.72. The van der Waals surface area contributed by atoms with E-state index in [9.17, 15) is 14.7 Å². The summed E-state index contributed by atoms with van der Waals surface area (Å²) in [6.45, 7) is -0.554. The van der Waals surface area contributed by atoms with Crippen molar-refractivity contribution >= 4 is 11.9 Å². The van der Waals surface area contributed by atoms with Gasteiger partial charge in [0.1, 0.15) is 6.73 Å². The molecule has 1 heterocycles. The summed E-state index contributed by atoms with van der Waals surface area (Å²) in [4.78, 5) is 25.7. The van der Waals surface area contributed by atoms with Crippen LogP contribution in [-0.4, -0.2) is 28.7 Å². The lowest BCUT2D eigenvalue weighted by atomic mass is 9.82. The molecule has 106 valence electrons. The highest BCUT2D eigenvalue weighted by molar-refractivity contribution is 6.09. The molecule has 1 aliphatic rings. The molecule has 5 nitrogen and oxygen atoms in total. The summed E-state index contributed by atoms with van der Waals surface area (Å²) >= 11 is 0. The van der Waals surface area contributed by atoms with Crippen LogP contribution in [0.3, 0.4) is 0 Å². The molecule has 0 spiro atoms. The third-order valence-electron chi connectivity index (χ3n) is 3.72. The van der Waals surface area contributed by atoms with Crippen LogP contribution in [0.15, 0.2) is 60.7 Å². The second-order valence-corrected chi connectivity index (χ2v) is 4.77. The Bertz CT molecular complexity index is 631. The van der Waals surface area contributed by atoms with Crippen molar-refractivity contribution in [2.24, 2.45) is 0 Å². The van der Waals surface area contributed by atoms with Crippen LogP contribution in [0.2, 0.25) is 0 Å². The number of nitrogens with zero attached hydrogens (tertiary/aromatic N) is 1. The molecule has 0 unspecified atom stereocenters. The normalized spacial score (nSPS) is 16.9. The smallest absolute Gasteiger partial charge is 0.327 e. The minimum absolute atomic E-state index is 0.459. The van der Waals surface area contributed by atoms with Gasteiger partial charge in [0.2, 0.25) is 0 Å². The van der Waals surface area contributed by atoms with Crippen LogP contribution in [0, 0.1) is 0 Å². The van der Waals surface area contributed by atoms with Crippen molar-refractivity contribution < 1.29 is 14.7 Å². The number of nitrogens with one attached hydrogen (secondary N) is 1. The summed E-state index contributed by atoms with van der Waals surface area (Å²) in [6.07, 6.45) is 0. The van der Waals surface area contributed by atoms with Crippen LogP contribution >= 0.6 is 0 Å². The van der Waals surface area contributed by atoms with Gasteiger partial charge >= 0.3 is 6.03 Å². The van der Waals surface area contributed by atoms with Crippen LogP contribution in [0.1, 0.15) is 11.1 Å². The molecule has 0 atom stereocenters. The Morgan fingerprint density at radius 2 is 1.38 bits per heavy atom. The number of hydrogen-bond donors (Lipinski definition) is 2. The van der Waals surface area contributed by atoms with Gasteiger partial charge in [-0.15, -0.1) is 0 Å². The number of carbonyl (C=O) groups is 2. The van der Waals surface area contributed by atoms with E-state index in [4.69, 9.17) is 0 Å². The van der Waals surface area contributed by atoms with Crippen molar-refractivity contribution in [3.63, 3.8) is 0 Å². The van der Waals surface area contributed by atoms with Gasteiger partial charge in [-0.1, -0.05) is 60.7 Å². The van der Waals surface area contributed by atoms with Crippen LogP contribution in [0.5, 0.6) is 0 Å². The summed E-state index contributed by atoms with van der Waals surface area (Å²) < 4.78 is 0. The van der Waals surface area contributed by atoms with Crippen molar-refractivity contribution in [1.29, 1.82) is 0 Å². The first-order chi connectivity index (χ1) is 10.2. The van der Waals surface area contributed by atoms with Gasteiger partial charge in [-0.25, -0.2) is 4.79 Å². The van der Waals surface area contributed by atoms with Crippen LogP contribution < -0.4 is 5.32 Å². The molecule has 0 saturated carbocycles. The molecule has 0 aliphatic carbocycles. The van der Waals surface area contributed by atoms with E-state index in [2.05, 4.69) is 5.32 Å². The van der Waals surface area contributed by atoms with Gasteiger partial charge in [-0.2, -0.15) is 0 Å². The Labute approximate surface area is 121 Å². The fourth-order valence-electron chi connectivity index (χ4n) is 2.80. The van der Waals surface area contributed by atoms with Gasteiger partial charge in [0, 0.05) is 0 Å². The highest BCUT2D eigenvalue weighted by Gasteiger charge is 2.55. The monoisotopic (exact) mass is 282 g/mol. The maximum absolute atomic E-state index is 12.6. The van der Waals surface area contributed by atoms with Crippen LogP contribution in [0.25, 0.3) is 0 Å². The Morgan fingerprint density at radius 3 is 1.81 bits per heavy atom. The second kappa shape index (κ2) is 5.03. The number of aliphatic hydroxyl groups excluding tert-OH is 1. The molecular weight excluding hydrogens is 268 g/mol. The summed E-state index contributed by atoms with van der Waals surface area (Å²) in [5.74, 6) is -0.459. The van der Waals surface area contributed by atoms with Crippen molar-refractivity contribution in [2.75, 3.05) is 6.73 Å². The van der Waals surface area contributed by atoms with Crippen LogP contribution in [-0.2, 0) is 10.3 Å². The van der Waals surface area contributed by atoms with E-state index in [1.54, 1.807) is 48.5 Å². The lowest BCUT2D eigenvalue weighted by Gasteiger charge is -2.34. The minimum atomic E-state index is -1.34.